The molecule has 0 spiro atoms. The zero-order valence-electron chi connectivity index (χ0n) is 16.2. The number of carbonyl (C=O) groups is 2. The molecule has 7 nitrogen and oxygen atoms in total. The molecule has 2 aromatic rings. The summed E-state index contributed by atoms with van der Waals surface area (Å²) in [4.78, 5) is 28.9. The van der Waals surface area contributed by atoms with Crippen LogP contribution in [0.4, 0.5) is 24.5 Å². The molecule has 2 heterocycles. The molecule has 32 heavy (non-hydrogen) atoms. The van der Waals surface area contributed by atoms with Gasteiger partial charge in [-0.2, -0.15) is 13.2 Å². The van der Waals surface area contributed by atoms with Crippen LogP contribution in [0.3, 0.4) is 0 Å². The number of hydrogen-bond acceptors (Lipinski definition) is 6. The Morgan fingerprint density at radius 2 is 1.94 bits per heavy atom. The first-order valence-corrected chi connectivity index (χ1v) is 10.6. The number of thioether (sulfide) groups is 1. The van der Waals surface area contributed by atoms with Crippen molar-refractivity contribution < 1.29 is 32.2 Å². The minimum Gasteiger partial charge on any atom is -0.486 e. The van der Waals surface area contributed by atoms with Crippen LogP contribution in [-0.4, -0.2) is 35.4 Å². The van der Waals surface area contributed by atoms with E-state index in [4.69, 9.17) is 21.1 Å². The van der Waals surface area contributed by atoms with Crippen molar-refractivity contribution >= 4 is 51.7 Å². The Morgan fingerprint density at radius 3 is 2.69 bits per heavy atom. The van der Waals surface area contributed by atoms with Gasteiger partial charge in [0.2, 0.25) is 11.8 Å². The number of rotatable bonds is 4. The lowest BCUT2D eigenvalue weighted by atomic mass is 10.2. The van der Waals surface area contributed by atoms with Gasteiger partial charge in [0, 0.05) is 12.5 Å². The predicted molar refractivity (Wildman–Crippen MR) is 114 cm³/mol. The molecule has 1 atom stereocenters. The molecular formula is C20H15ClF3N3O4S. The summed E-state index contributed by atoms with van der Waals surface area (Å²) >= 11 is 6.94. The Bertz CT molecular complexity index is 1110. The third-order valence-electron chi connectivity index (χ3n) is 4.47. The van der Waals surface area contributed by atoms with E-state index in [0.717, 1.165) is 30.0 Å². The van der Waals surface area contributed by atoms with E-state index >= 15 is 0 Å². The van der Waals surface area contributed by atoms with Crippen molar-refractivity contribution in [1.29, 1.82) is 0 Å². The van der Waals surface area contributed by atoms with E-state index in [0.29, 0.717) is 35.6 Å². The van der Waals surface area contributed by atoms with E-state index in [9.17, 15) is 22.8 Å². The molecule has 1 fully saturated rings. The number of fused-ring (bicyclic) bond motifs is 1. The highest BCUT2D eigenvalue weighted by atomic mass is 35.5. The van der Waals surface area contributed by atoms with Crippen molar-refractivity contribution in [3.8, 4) is 11.5 Å². The molecule has 0 bridgehead atoms. The van der Waals surface area contributed by atoms with Gasteiger partial charge in [-0.25, -0.2) is 4.99 Å². The molecule has 2 aromatic carbocycles. The van der Waals surface area contributed by atoms with Crippen molar-refractivity contribution in [2.75, 3.05) is 18.5 Å². The van der Waals surface area contributed by atoms with E-state index < -0.39 is 28.8 Å². The van der Waals surface area contributed by atoms with Gasteiger partial charge in [-0.05, 0) is 30.3 Å². The van der Waals surface area contributed by atoms with E-state index in [1.54, 1.807) is 18.2 Å². The van der Waals surface area contributed by atoms with Gasteiger partial charge in [0.15, 0.2) is 16.7 Å². The third-order valence-corrected chi connectivity index (χ3v) is 5.88. The number of carbonyl (C=O) groups excluding carboxylic acids is 2. The summed E-state index contributed by atoms with van der Waals surface area (Å²) in [6, 6.07) is 7.69. The summed E-state index contributed by atoms with van der Waals surface area (Å²) in [5.41, 5.74) is -0.600. The molecule has 0 aliphatic carbocycles. The maximum Gasteiger partial charge on any atom is 0.416 e. The monoisotopic (exact) mass is 485 g/mol. The first-order valence-electron chi connectivity index (χ1n) is 9.31. The lowest BCUT2D eigenvalue weighted by Gasteiger charge is -2.18. The smallest absolute Gasteiger partial charge is 0.416 e. The zero-order valence-corrected chi connectivity index (χ0v) is 17.7. The minimum absolute atomic E-state index is 0.0456. The van der Waals surface area contributed by atoms with Crippen LogP contribution in [0, 0.1) is 0 Å². The second-order valence-corrected chi connectivity index (χ2v) is 8.38. The van der Waals surface area contributed by atoms with Gasteiger partial charge < -0.3 is 20.1 Å². The predicted octanol–water partition coefficient (Wildman–Crippen LogP) is 4.38. The molecular weight excluding hydrogens is 471 g/mol. The van der Waals surface area contributed by atoms with Crippen LogP contribution in [0.25, 0.3) is 0 Å². The highest BCUT2D eigenvalue weighted by Crippen LogP contribution is 2.36. The molecule has 12 heteroatoms. The van der Waals surface area contributed by atoms with Crippen LogP contribution in [0.15, 0.2) is 41.4 Å². The topological polar surface area (TPSA) is 89.0 Å². The Labute approximate surface area is 189 Å². The van der Waals surface area contributed by atoms with Crippen molar-refractivity contribution in [3.63, 3.8) is 0 Å². The van der Waals surface area contributed by atoms with Crippen LogP contribution in [0.1, 0.15) is 12.0 Å². The molecule has 0 aromatic heterocycles. The number of alkyl halides is 3. The zero-order chi connectivity index (χ0) is 22.9. The Morgan fingerprint density at radius 1 is 1.19 bits per heavy atom. The number of hydrogen-bond donors (Lipinski definition) is 2. The van der Waals surface area contributed by atoms with Crippen molar-refractivity contribution in [1.82, 2.24) is 5.32 Å². The summed E-state index contributed by atoms with van der Waals surface area (Å²) < 4.78 is 49.6. The fourth-order valence-corrected chi connectivity index (χ4v) is 4.13. The molecule has 0 radical (unpaired) electrons. The first kappa shape index (κ1) is 22.3. The Kier molecular flexibility index (Phi) is 6.20. The number of aliphatic imine (C=N–C) groups is 1. The normalized spacial score (nSPS) is 19.1. The second kappa shape index (κ2) is 8.91. The number of nitrogens with one attached hydrogen (secondary N) is 2. The lowest BCUT2D eigenvalue weighted by Crippen LogP contribution is -2.28. The SMILES string of the molecule is O=C(CC1SC(=Nc2ccc3c(c2)OCCO3)NC1=O)Nc1cc(C(F)(F)F)ccc1Cl. The Hall–Kier alpha value is -2.92. The summed E-state index contributed by atoms with van der Waals surface area (Å²) in [5.74, 6) is 0.0588. The van der Waals surface area contributed by atoms with Crippen LogP contribution in [-0.2, 0) is 15.8 Å². The molecule has 4 rings (SSSR count). The summed E-state index contributed by atoms with van der Waals surface area (Å²) in [5, 5.41) is 4.38. The molecule has 2 amide bonds. The fourth-order valence-electron chi connectivity index (χ4n) is 2.98. The van der Waals surface area contributed by atoms with Gasteiger partial charge in [-0.15, -0.1) is 0 Å². The average molecular weight is 486 g/mol. The quantitative estimate of drug-likeness (QED) is 0.671. The number of nitrogens with zero attached hydrogens (tertiary/aromatic N) is 1. The van der Waals surface area contributed by atoms with Gasteiger partial charge in [-0.3, -0.25) is 9.59 Å². The van der Waals surface area contributed by atoms with Crippen LogP contribution < -0.4 is 20.1 Å². The summed E-state index contributed by atoms with van der Waals surface area (Å²) in [6.07, 6.45) is -4.85. The highest BCUT2D eigenvalue weighted by molar-refractivity contribution is 8.15. The summed E-state index contributed by atoms with van der Waals surface area (Å²) in [7, 11) is 0. The molecule has 0 saturated carbocycles. The number of amides is 2. The van der Waals surface area contributed by atoms with E-state index in [-0.39, 0.29) is 17.1 Å². The van der Waals surface area contributed by atoms with Gasteiger partial charge in [0.1, 0.15) is 18.5 Å². The molecule has 2 N–H and O–H groups in total. The first-order chi connectivity index (χ1) is 15.2. The Balaban J connectivity index is 1.41. The standard InChI is InChI=1S/C20H15ClF3N3O4S/c21-12-3-1-10(20(22,23)24)7-13(12)26-17(28)9-16-18(29)27-19(32-16)25-11-2-4-14-15(8-11)31-6-5-30-14/h1-4,7-8,16H,5-6,9H2,(H,26,28)(H,25,27,29). The molecule has 1 saturated heterocycles. The second-order valence-electron chi connectivity index (χ2n) is 6.79. The van der Waals surface area contributed by atoms with Gasteiger partial charge in [0.25, 0.3) is 0 Å². The van der Waals surface area contributed by atoms with Crippen LogP contribution >= 0.6 is 23.4 Å². The molecule has 2 aliphatic rings. The van der Waals surface area contributed by atoms with Crippen LogP contribution in [0.2, 0.25) is 5.02 Å². The van der Waals surface area contributed by atoms with Crippen molar-refractivity contribution in [3.05, 3.63) is 47.0 Å². The van der Waals surface area contributed by atoms with Crippen molar-refractivity contribution in [2.24, 2.45) is 4.99 Å². The van der Waals surface area contributed by atoms with Crippen molar-refractivity contribution in [2.45, 2.75) is 17.8 Å². The maximum atomic E-state index is 12.9. The molecule has 1 unspecified atom stereocenters. The third kappa shape index (κ3) is 5.10. The fraction of sp³-hybridized carbons (Fsp3) is 0.250. The number of amidine groups is 1. The average Bonchev–Trinajstić information content (AvgIpc) is 3.07. The highest BCUT2D eigenvalue weighted by Gasteiger charge is 2.33. The van der Waals surface area contributed by atoms with Gasteiger partial charge >= 0.3 is 6.18 Å². The van der Waals surface area contributed by atoms with E-state index in [1.807, 2.05) is 0 Å². The largest absolute Gasteiger partial charge is 0.486 e. The van der Waals surface area contributed by atoms with Gasteiger partial charge in [0.05, 0.1) is 22.0 Å². The lowest BCUT2D eigenvalue weighted by molar-refractivity contribution is -0.137. The number of benzene rings is 2. The molecule has 168 valence electrons. The number of halogens is 4. The van der Waals surface area contributed by atoms with Gasteiger partial charge in [-0.1, -0.05) is 23.4 Å². The number of anilines is 1. The van der Waals surface area contributed by atoms with E-state index in [2.05, 4.69) is 15.6 Å². The maximum absolute atomic E-state index is 12.9. The van der Waals surface area contributed by atoms with Crippen LogP contribution in [0.5, 0.6) is 11.5 Å². The van der Waals surface area contributed by atoms with E-state index in [1.165, 1.54) is 0 Å². The minimum atomic E-state index is -4.58. The number of ether oxygens (including phenoxy) is 2. The molecule has 2 aliphatic heterocycles. The summed E-state index contributed by atoms with van der Waals surface area (Å²) in [6.45, 7) is 0.883.